The zero-order valence-corrected chi connectivity index (χ0v) is 12.1. The highest BCUT2D eigenvalue weighted by Gasteiger charge is 2.34. The summed E-state index contributed by atoms with van der Waals surface area (Å²) in [5.41, 5.74) is 1.00. The van der Waals surface area contributed by atoms with Crippen molar-refractivity contribution in [3.63, 3.8) is 0 Å². The van der Waals surface area contributed by atoms with Gasteiger partial charge in [0.2, 0.25) is 0 Å². The third-order valence-electron chi connectivity index (χ3n) is 4.07. The summed E-state index contributed by atoms with van der Waals surface area (Å²) in [6.45, 7) is 0.111. The van der Waals surface area contributed by atoms with Crippen LogP contribution in [0.1, 0.15) is 28.3 Å². The van der Waals surface area contributed by atoms with Gasteiger partial charge < -0.3 is 10.4 Å². The molecule has 1 aliphatic carbocycles. The molecule has 0 radical (unpaired) electrons. The lowest BCUT2D eigenvalue weighted by Crippen LogP contribution is -2.28. The first kappa shape index (κ1) is 16.0. The van der Waals surface area contributed by atoms with Crippen LogP contribution in [-0.4, -0.2) is 11.2 Å². The monoisotopic (exact) mass is 325 g/mol. The zero-order chi connectivity index (χ0) is 16.6. The predicted octanol–water partition coefficient (Wildman–Crippen LogP) is 3.59. The molecule has 0 aromatic heterocycles. The van der Waals surface area contributed by atoms with E-state index in [1.807, 2.05) is 24.3 Å². The molecule has 2 atom stereocenters. The fourth-order valence-electron chi connectivity index (χ4n) is 2.95. The molecule has 0 fully saturated rings. The van der Waals surface area contributed by atoms with Gasteiger partial charge in [0.25, 0.3) is 0 Å². The van der Waals surface area contributed by atoms with Crippen molar-refractivity contribution in [2.24, 2.45) is 0 Å². The van der Waals surface area contributed by atoms with Crippen LogP contribution in [0.2, 0.25) is 0 Å². The second-order valence-electron chi connectivity index (χ2n) is 5.64. The molecule has 2 aromatic carbocycles. The summed E-state index contributed by atoms with van der Waals surface area (Å²) in [6, 6.07) is 10.1. The van der Waals surface area contributed by atoms with Gasteiger partial charge in [0.05, 0.1) is 17.7 Å². The van der Waals surface area contributed by atoms with Crippen LogP contribution < -0.4 is 5.32 Å². The van der Waals surface area contributed by atoms with Crippen molar-refractivity contribution in [1.82, 2.24) is 5.32 Å². The van der Waals surface area contributed by atoms with Crippen molar-refractivity contribution >= 4 is 0 Å². The Labute approximate surface area is 130 Å². The van der Waals surface area contributed by atoms with Crippen LogP contribution in [0.25, 0.3) is 0 Å². The van der Waals surface area contributed by atoms with Gasteiger partial charge in [-0.2, -0.15) is 13.2 Å². The molecule has 2 N–H and O–H groups in total. The lowest BCUT2D eigenvalue weighted by atomic mass is 10.1. The van der Waals surface area contributed by atoms with Crippen molar-refractivity contribution in [2.75, 3.05) is 0 Å². The van der Waals surface area contributed by atoms with Crippen LogP contribution >= 0.6 is 0 Å². The van der Waals surface area contributed by atoms with Crippen molar-refractivity contribution < 1.29 is 22.7 Å². The number of benzene rings is 2. The number of halogens is 4. The average molecular weight is 325 g/mol. The van der Waals surface area contributed by atoms with Crippen LogP contribution in [0.5, 0.6) is 0 Å². The number of aliphatic hydroxyl groups is 1. The summed E-state index contributed by atoms with van der Waals surface area (Å²) in [7, 11) is 0. The maximum atomic E-state index is 13.3. The molecular weight excluding hydrogens is 310 g/mol. The van der Waals surface area contributed by atoms with Gasteiger partial charge in [0.1, 0.15) is 5.82 Å². The number of hydrogen-bond donors (Lipinski definition) is 2. The van der Waals surface area contributed by atoms with E-state index >= 15 is 0 Å². The minimum absolute atomic E-state index is 0.111. The zero-order valence-electron chi connectivity index (χ0n) is 12.1. The van der Waals surface area contributed by atoms with Gasteiger partial charge in [-0.15, -0.1) is 0 Å². The van der Waals surface area contributed by atoms with E-state index in [4.69, 9.17) is 0 Å². The van der Waals surface area contributed by atoms with E-state index in [0.29, 0.717) is 12.0 Å². The van der Waals surface area contributed by atoms with E-state index < -0.39 is 23.7 Å². The van der Waals surface area contributed by atoms with E-state index in [1.54, 1.807) is 0 Å². The molecule has 0 amide bonds. The van der Waals surface area contributed by atoms with Gasteiger partial charge >= 0.3 is 6.18 Å². The number of alkyl halides is 3. The Kier molecular flexibility index (Phi) is 4.12. The van der Waals surface area contributed by atoms with Crippen molar-refractivity contribution in [3.8, 4) is 0 Å². The van der Waals surface area contributed by atoms with Gasteiger partial charge in [-0.3, -0.25) is 0 Å². The molecule has 0 spiro atoms. The second kappa shape index (κ2) is 5.94. The van der Waals surface area contributed by atoms with Gasteiger partial charge in [-0.25, -0.2) is 4.39 Å². The minimum Gasteiger partial charge on any atom is -0.391 e. The summed E-state index contributed by atoms with van der Waals surface area (Å²) >= 11 is 0. The SMILES string of the molecule is O[C@H]1Cc2ccccc2[C@H]1NCc1ccc(F)c(C(F)(F)F)c1. The van der Waals surface area contributed by atoms with Crippen LogP contribution in [0.3, 0.4) is 0 Å². The molecule has 122 valence electrons. The van der Waals surface area contributed by atoms with E-state index in [1.165, 1.54) is 6.07 Å². The van der Waals surface area contributed by atoms with Gasteiger partial charge in [-0.1, -0.05) is 30.3 Å². The molecule has 0 saturated heterocycles. The molecule has 6 heteroatoms. The normalized spacial score (nSPS) is 20.6. The van der Waals surface area contributed by atoms with Crippen molar-refractivity contribution in [2.45, 2.75) is 31.3 Å². The molecule has 3 rings (SSSR count). The molecule has 0 saturated carbocycles. The maximum Gasteiger partial charge on any atom is 0.419 e. The number of hydrogen-bond acceptors (Lipinski definition) is 2. The highest BCUT2D eigenvalue weighted by Crippen LogP contribution is 2.33. The Balaban J connectivity index is 1.77. The number of nitrogens with one attached hydrogen (secondary N) is 1. The number of fused-ring (bicyclic) bond motifs is 1. The molecule has 0 aliphatic heterocycles. The van der Waals surface area contributed by atoms with Crippen LogP contribution in [-0.2, 0) is 19.1 Å². The van der Waals surface area contributed by atoms with E-state index in [0.717, 1.165) is 23.3 Å². The summed E-state index contributed by atoms with van der Waals surface area (Å²) in [6.07, 6.45) is -4.85. The number of rotatable bonds is 3. The molecule has 0 heterocycles. The summed E-state index contributed by atoms with van der Waals surface area (Å²) in [5.74, 6) is -1.28. The highest BCUT2D eigenvalue weighted by atomic mass is 19.4. The van der Waals surface area contributed by atoms with Crippen LogP contribution in [0, 0.1) is 5.82 Å². The first-order valence-corrected chi connectivity index (χ1v) is 7.21. The Morgan fingerprint density at radius 1 is 1.13 bits per heavy atom. The fourth-order valence-corrected chi connectivity index (χ4v) is 2.95. The number of aliphatic hydroxyl groups excluding tert-OH is 1. The quantitative estimate of drug-likeness (QED) is 0.845. The maximum absolute atomic E-state index is 13.3. The van der Waals surface area contributed by atoms with Gasteiger partial charge in [-0.05, 0) is 28.8 Å². The lowest BCUT2D eigenvalue weighted by Gasteiger charge is -2.18. The Morgan fingerprint density at radius 2 is 1.87 bits per heavy atom. The first-order chi connectivity index (χ1) is 10.9. The molecule has 2 nitrogen and oxygen atoms in total. The smallest absolute Gasteiger partial charge is 0.391 e. The molecule has 0 unspecified atom stereocenters. The van der Waals surface area contributed by atoms with Crippen molar-refractivity contribution in [3.05, 3.63) is 70.5 Å². The topological polar surface area (TPSA) is 32.3 Å². The largest absolute Gasteiger partial charge is 0.419 e. The van der Waals surface area contributed by atoms with Crippen LogP contribution in [0.4, 0.5) is 17.6 Å². The summed E-state index contributed by atoms with van der Waals surface area (Å²) in [5, 5.41) is 13.2. The molecule has 1 aliphatic rings. The lowest BCUT2D eigenvalue weighted by molar-refractivity contribution is -0.140. The molecular formula is C17H15F4NO. The van der Waals surface area contributed by atoms with E-state index in [9.17, 15) is 22.7 Å². The fraction of sp³-hybridized carbons (Fsp3) is 0.294. The average Bonchev–Trinajstić information content (AvgIpc) is 2.81. The Hall–Kier alpha value is -1.92. The van der Waals surface area contributed by atoms with Crippen molar-refractivity contribution in [1.29, 1.82) is 0 Å². The molecule has 23 heavy (non-hydrogen) atoms. The Bertz CT molecular complexity index is 714. The predicted molar refractivity (Wildman–Crippen MR) is 77.1 cm³/mol. The Morgan fingerprint density at radius 3 is 2.61 bits per heavy atom. The first-order valence-electron chi connectivity index (χ1n) is 7.21. The minimum atomic E-state index is -4.72. The molecule has 2 aromatic rings. The highest BCUT2D eigenvalue weighted by molar-refractivity contribution is 5.36. The van der Waals surface area contributed by atoms with Gasteiger partial charge in [0.15, 0.2) is 0 Å². The van der Waals surface area contributed by atoms with E-state index in [-0.39, 0.29) is 12.6 Å². The summed E-state index contributed by atoms with van der Waals surface area (Å²) in [4.78, 5) is 0. The third kappa shape index (κ3) is 3.23. The van der Waals surface area contributed by atoms with E-state index in [2.05, 4.69) is 5.32 Å². The van der Waals surface area contributed by atoms with Crippen LogP contribution in [0.15, 0.2) is 42.5 Å². The molecule has 0 bridgehead atoms. The summed E-state index contributed by atoms with van der Waals surface area (Å²) < 4.78 is 51.5. The third-order valence-corrected chi connectivity index (χ3v) is 4.07. The van der Waals surface area contributed by atoms with Gasteiger partial charge in [0, 0.05) is 13.0 Å². The standard InChI is InChI=1S/C17H15F4NO/c18-14-6-5-10(7-13(14)17(19,20)21)9-22-16-12-4-2-1-3-11(12)8-15(16)23/h1-7,15-16,22-23H,8-9H2/t15-,16+/m0/s1. The second-order valence-corrected chi connectivity index (χ2v) is 5.64.